The zero-order valence-corrected chi connectivity index (χ0v) is 17.8. The van der Waals surface area contributed by atoms with Crippen molar-refractivity contribution in [2.24, 2.45) is 13.0 Å². The quantitative estimate of drug-likeness (QED) is 0.466. The first-order valence-electron chi connectivity index (χ1n) is 10.7. The van der Waals surface area contributed by atoms with Gasteiger partial charge in [-0.1, -0.05) is 36.4 Å². The number of rotatable bonds is 4. The third-order valence-electron chi connectivity index (χ3n) is 6.06. The van der Waals surface area contributed by atoms with Crippen LogP contribution < -0.4 is 10.5 Å². The van der Waals surface area contributed by atoms with Crippen LogP contribution in [0.25, 0.3) is 22.2 Å². The highest BCUT2D eigenvalue weighted by atomic mass is 16.1. The maximum absolute atomic E-state index is 13.3. The van der Waals surface area contributed by atoms with Crippen LogP contribution in [0.2, 0.25) is 0 Å². The van der Waals surface area contributed by atoms with Crippen molar-refractivity contribution in [3.63, 3.8) is 0 Å². The van der Waals surface area contributed by atoms with E-state index in [1.165, 1.54) is 17.0 Å². The predicted molar refractivity (Wildman–Crippen MR) is 124 cm³/mol. The molecule has 2 aromatic carbocycles. The molecule has 3 heterocycles. The molecule has 0 spiro atoms. The molecule has 0 N–H and O–H groups in total. The molecule has 5 rings (SSSR count). The number of carbonyl (C=O) groups excluding carboxylic acids is 1. The highest BCUT2D eigenvalue weighted by molar-refractivity contribution is 6.01. The minimum atomic E-state index is -0.161. The number of piperidine rings is 1. The van der Waals surface area contributed by atoms with Crippen LogP contribution in [-0.4, -0.2) is 38.4 Å². The van der Waals surface area contributed by atoms with E-state index in [-0.39, 0.29) is 17.3 Å². The van der Waals surface area contributed by atoms with E-state index in [2.05, 4.69) is 9.97 Å². The van der Waals surface area contributed by atoms with Crippen LogP contribution in [0, 0.1) is 5.92 Å². The Bertz CT molecular complexity index is 1350. The molecule has 7 heteroatoms. The van der Waals surface area contributed by atoms with Crippen molar-refractivity contribution in [3.8, 4) is 11.4 Å². The third-order valence-corrected chi connectivity index (χ3v) is 6.06. The number of anilines is 1. The van der Waals surface area contributed by atoms with Gasteiger partial charge in [0.15, 0.2) is 5.78 Å². The predicted octanol–water partition coefficient (Wildman–Crippen LogP) is 3.49. The van der Waals surface area contributed by atoms with Crippen molar-refractivity contribution < 1.29 is 4.79 Å². The molecule has 0 saturated carbocycles. The lowest BCUT2D eigenvalue weighted by atomic mass is 9.89. The van der Waals surface area contributed by atoms with Crippen molar-refractivity contribution in [2.45, 2.75) is 12.8 Å². The smallest absolute Gasteiger partial charge is 0.255 e. The Balaban J connectivity index is 1.44. The van der Waals surface area contributed by atoms with Crippen LogP contribution in [0.1, 0.15) is 23.2 Å². The van der Waals surface area contributed by atoms with Gasteiger partial charge in [0.2, 0.25) is 5.95 Å². The lowest BCUT2D eigenvalue weighted by Gasteiger charge is -2.33. The number of hydrogen-bond donors (Lipinski definition) is 0. The topological polar surface area (TPSA) is 81.0 Å². The fourth-order valence-electron chi connectivity index (χ4n) is 4.33. The number of nitrogens with zero attached hydrogens (tertiary/aromatic N) is 5. The van der Waals surface area contributed by atoms with Crippen molar-refractivity contribution in [1.82, 2.24) is 19.5 Å². The highest BCUT2D eigenvalue weighted by Gasteiger charge is 2.29. The summed E-state index contributed by atoms with van der Waals surface area (Å²) >= 11 is 0. The van der Waals surface area contributed by atoms with Crippen LogP contribution in [0.5, 0.6) is 0 Å². The first kappa shape index (κ1) is 20.1. The molecule has 160 valence electrons. The largest absolute Gasteiger partial charge is 0.341 e. The molecule has 1 fully saturated rings. The fraction of sp³-hybridized carbons (Fsp3) is 0.240. The number of fused-ring (bicyclic) bond motifs is 1. The summed E-state index contributed by atoms with van der Waals surface area (Å²) in [6, 6.07) is 17.1. The molecule has 0 amide bonds. The molecular formula is C25H23N5O2. The Labute approximate surface area is 185 Å². The van der Waals surface area contributed by atoms with Crippen molar-refractivity contribution >= 4 is 22.5 Å². The number of Topliss-reactive ketones (excluding diaryl/α,β-unsaturated/α-hetero) is 1. The van der Waals surface area contributed by atoms with E-state index in [4.69, 9.17) is 4.98 Å². The standard InChI is InChI=1S/C25H23N5O2/c1-29-23(31)14-22(21-10-11-26-16-27-21)28-25(29)30-12-4-7-20(15-30)24(32)19-9-8-17-5-2-3-6-18(17)13-19/h2-3,5-6,8-11,13-14,16,20H,4,7,12,15H2,1H3. The molecule has 1 atom stereocenters. The minimum Gasteiger partial charge on any atom is -0.341 e. The van der Waals surface area contributed by atoms with Crippen LogP contribution >= 0.6 is 0 Å². The van der Waals surface area contributed by atoms with E-state index in [9.17, 15) is 9.59 Å². The summed E-state index contributed by atoms with van der Waals surface area (Å²) in [6.07, 6.45) is 4.74. The van der Waals surface area contributed by atoms with E-state index in [0.717, 1.165) is 35.7 Å². The highest BCUT2D eigenvalue weighted by Crippen LogP contribution is 2.26. The Morgan fingerprint density at radius 2 is 1.88 bits per heavy atom. The number of aromatic nitrogens is 4. The first-order chi connectivity index (χ1) is 15.6. The molecule has 0 bridgehead atoms. The van der Waals surface area contributed by atoms with Gasteiger partial charge in [0, 0.05) is 43.9 Å². The third kappa shape index (κ3) is 3.77. The first-order valence-corrected chi connectivity index (χ1v) is 10.7. The maximum atomic E-state index is 13.3. The van der Waals surface area contributed by atoms with Crippen LogP contribution in [0.4, 0.5) is 5.95 Å². The van der Waals surface area contributed by atoms with Crippen molar-refractivity contribution in [1.29, 1.82) is 0 Å². The molecule has 1 aliphatic heterocycles. The Morgan fingerprint density at radius 3 is 2.69 bits per heavy atom. The van der Waals surface area contributed by atoms with Crippen LogP contribution in [0.15, 0.2) is 71.9 Å². The van der Waals surface area contributed by atoms with E-state index in [1.807, 2.05) is 47.4 Å². The van der Waals surface area contributed by atoms with Gasteiger partial charge in [-0.15, -0.1) is 0 Å². The molecule has 2 aromatic heterocycles. The van der Waals surface area contributed by atoms with Crippen molar-refractivity contribution in [2.75, 3.05) is 18.0 Å². The monoisotopic (exact) mass is 425 g/mol. The number of carbonyl (C=O) groups is 1. The van der Waals surface area contributed by atoms with E-state index < -0.39 is 0 Å². The molecule has 1 unspecified atom stereocenters. The summed E-state index contributed by atoms with van der Waals surface area (Å²) in [5, 5.41) is 2.18. The SMILES string of the molecule is Cn1c(N2CCCC(C(=O)c3ccc4ccccc4c3)C2)nc(-c2ccncn2)cc1=O. The van der Waals surface area contributed by atoms with Gasteiger partial charge in [-0.3, -0.25) is 14.2 Å². The molecule has 1 saturated heterocycles. The zero-order chi connectivity index (χ0) is 22.1. The fourth-order valence-corrected chi connectivity index (χ4v) is 4.33. The molecule has 0 radical (unpaired) electrons. The molecule has 32 heavy (non-hydrogen) atoms. The molecule has 7 nitrogen and oxygen atoms in total. The summed E-state index contributed by atoms with van der Waals surface area (Å²) in [7, 11) is 1.71. The summed E-state index contributed by atoms with van der Waals surface area (Å²) < 4.78 is 1.54. The second kappa shape index (κ2) is 8.34. The lowest BCUT2D eigenvalue weighted by Crippen LogP contribution is -2.42. The van der Waals surface area contributed by atoms with Gasteiger partial charge in [-0.2, -0.15) is 0 Å². The van der Waals surface area contributed by atoms with Crippen LogP contribution in [-0.2, 0) is 7.05 Å². The molecule has 1 aliphatic rings. The molecule has 4 aromatic rings. The summed E-state index contributed by atoms with van der Waals surface area (Å²) in [4.78, 5) is 40.9. The number of hydrogen-bond acceptors (Lipinski definition) is 6. The summed E-state index contributed by atoms with van der Waals surface area (Å²) in [6.45, 7) is 1.27. The van der Waals surface area contributed by atoms with Crippen LogP contribution in [0.3, 0.4) is 0 Å². The van der Waals surface area contributed by atoms with Gasteiger partial charge in [0.25, 0.3) is 5.56 Å². The van der Waals surface area contributed by atoms with Gasteiger partial charge >= 0.3 is 0 Å². The van der Waals surface area contributed by atoms with Gasteiger partial charge in [0.05, 0.1) is 11.4 Å². The number of benzene rings is 2. The van der Waals surface area contributed by atoms with E-state index >= 15 is 0 Å². The Kier molecular flexibility index (Phi) is 5.23. The van der Waals surface area contributed by atoms with Gasteiger partial charge in [-0.25, -0.2) is 15.0 Å². The minimum absolute atomic E-state index is 0.136. The number of ketones is 1. The average molecular weight is 425 g/mol. The normalized spacial score (nSPS) is 16.3. The second-order valence-electron chi connectivity index (χ2n) is 8.14. The van der Waals surface area contributed by atoms with E-state index in [0.29, 0.717) is 23.9 Å². The summed E-state index contributed by atoms with van der Waals surface area (Å²) in [5.74, 6) is 0.545. The molecule has 0 aliphatic carbocycles. The summed E-state index contributed by atoms with van der Waals surface area (Å²) in [5.41, 5.74) is 1.67. The van der Waals surface area contributed by atoms with Gasteiger partial charge in [0.1, 0.15) is 6.33 Å². The lowest BCUT2D eigenvalue weighted by molar-refractivity contribution is 0.0907. The van der Waals surface area contributed by atoms with E-state index in [1.54, 1.807) is 19.3 Å². The average Bonchev–Trinajstić information content (AvgIpc) is 2.85. The maximum Gasteiger partial charge on any atom is 0.255 e. The zero-order valence-electron chi connectivity index (χ0n) is 17.8. The molecular weight excluding hydrogens is 402 g/mol. The van der Waals surface area contributed by atoms with Gasteiger partial charge < -0.3 is 4.90 Å². The van der Waals surface area contributed by atoms with Gasteiger partial charge in [-0.05, 0) is 35.7 Å². The Hall–Kier alpha value is -3.87. The second-order valence-corrected chi connectivity index (χ2v) is 8.14. The van der Waals surface area contributed by atoms with Crippen molar-refractivity contribution in [3.05, 3.63) is 83.0 Å². The Morgan fingerprint density at radius 1 is 1.03 bits per heavy atom.